The standard InChI is InChI=1S/C19H22F3N5O/c1-18(2,28)12-4-5-16-24-8-15(27(16)9-12)17(23)13-10-26(3)7-6-14(13)25-11-19(20,21)22/h4-9,23,25,28H,10-11H2,1-3H3. The molecule has 3 rings (SSSR count). The number of allylic oxidation sites excluding steroid dienone is 1. The Bertz CT molecular complexity index is 966. The number of aliphatic hydroxyl groups is 1. The van der Waals surface area contributed by atoms with Gasteiger partial charge in [-0.1, -0.05) is 6.07 Å². The number of alkyl halides is 3. The van der Waals surface area contributed by atoms with E-state index in [0.29, 0.717) is 22.5 Å². The second-order valence-corrected chi connectivity index (χ2v) is 7.32. The van der Waals surface area contributed by atoms with E-state index in [2.05, 4.69) is 10.3 Å². The quantitative estimate of drug-likeness (QED) is 0.683. The van der Waals surface area contributed by atoms with Crippen LogP contribution in [0.25, 0.3) is 5.65 Å². The molecule has 0 spiro atoms. The molecule has 6 nitrogen and oxygen atoms in total. The van der Waals surface area contributed by atoms with Crippen LogP contribution in [0, 0.1) is 5.41 Å². The number of fused-ring (bicyclic) bond motifs is 1. The maximum Gasteiger partial charge on any atom is 0.405 e. The van der Waals surface area contributed by atoms with Crippen LogP contribution < -0.4 is 5.32 Å². The van der Waals surface area contributed by atoms with E-state index >= 15 is 0 Å². The van der Waals surface area contributed by atoms with Gasteiger partial charge < -0.3 is 15.3 Å². The van der Waals surface area contributed by atoms with Crippen LogP contribution in [0.5, 0.6) is 0 Å². The summed E-state index contributed by atoms with van der Waals surface area (Å²) >= 11 is 0. The van der Waals surface area contributed by atoms with E-state index < -0.39 is 18.3 Å². The van der Waals surface area contributed by atoms with E-state index in [0.717, 1.165) is 0 Å². The summed E-state index contributed by atoms with van der Waals surface area (Å²) in [5.41, 5.74) is 1.34. The van der Waals surface area contributed by atoms with Gasteiger partial charge in [0.1, 0.15) is 12.2 Å². The zero-order valence-corrected chi connectivity index (χ0v) is 15.8. The molecule has 0 amide bonds. The second-order valence-electron chi connectivity index (χ2n) is 7.32. The third kappa shape index (κ3) is 4.19. The van der Waals surface area contributed by atoms with Crippen LogP contribution in [-0.4, -0.2) is 51.4 Å². The van der Waals surface area contributed by atoms with Crippen molar-refractivity contribution >= 4 is 11.4 Å². The fourth-order valence-corrected chi connectivity index (χ4v) is 2.95. The monoisotopic (exact) mass is 393 g/mol. The molecule has 28 heavy (non-hydrogen) atoms. The van der Waals surface area contributed by atoms with Crippen molar-refractivity contribution in [2.45, 2.75) is 25.6 Å². The number of aromatic nitrogens is 2. The molecule has 0 saturated carbocycles. The van der Waals surface area contributed by atoms with E-state index in [4.69, 9.17) is 5.41 Å². The fraction of sp³-hybridized carbons (Fsp3) is 0.368. The Morgan fingerprint density at radius 2 is 2.04 bits per heavy atom. The largest absolute Gasteiger partial charge is 0.405 e. The zero-order valence-electron chi connectivity index (χ0n) is 15.8. The topological polar surface area (TPSA) is 76.7 Å². The van der Waals surface area contributed by atoms with E-state index in [-0.39, 0.29) is 18.0 Å². The minimum Gasteiger partial charge on any atom is -0.386 e. The van der Waals surface area contributed by atoms with E-state index in [1.165, 1.54) is 12.3 Å². The third-order valence-electron chi connectivity index (χ3n) is 4.48. The maximum absolute atomic E-state index is 12.6. The number of pyridine rings is 1. The maximum atomic E-state index is 12.6. The lowest BCUT2D eigenvalue weighted by atomic mass is 10.00. The molecule has 0 atom stereocenters. The lowest BCUT2D eigenvalue weighted by Gasteiger charge is -2.25. The second kappa shape index (κ2) is 6.97. The van der Waals surface area contributed by atoms with Crippen LogP contribution in [-0.2, 0) is 5.60 Å². The molecule has 150 valence electrons. The van der Waals surface area contributed by atoms with Gasteiger partial charge in [-0.3, -0.25) is 9.81 Å². The molecular formula is C19H22F3N5O. The molecule has 2 aromatic rings. The minimum atomic E-state index is -4.36. The molecule has 9 heteroatoms. The summed E-state index contributed by atoms with van der Waals surface area (Å²) < 4.78 is 39.6. The predicted molar refractivity (Wildman–Crippen MR) is 100 cm³/mol. The van der Waals surface area contributed by atoms with Crippen molar-refractivity contribution in [2.75, 3.05) is 20.1 Å². The number of halogens is 3. The van der Waals surface area contributed by atoms with Gasteiger partial charge in [-0.25, -0.2) is 4.98 Å². The molecule has 3 N–H and O–H groups in total. The highest BCUT2D eigenvalue weighted by molar-refractivity contribution is 6.11. The van der Waals surface area contributed by atoms with Gasteiger partial charge in [-0.05, 0) is 31.6 Å². The first-order valence-electron chi connectivity index (χ1n) is 8.67. The van der Waals surface area contributed by atoms with Crippen LogP contribution in [0.4, 0.5) is 13.2 Å². The highest BCUT2D eigenvalue weighted by Gasteiger charge is 2.28. The molecule has 3 heterocycles. The van der Waals surface area contributed by atoms with Gasteiger partial charge in [-0.2, -0.15) is 13.2 Å². The van der Waals surface area contributed by atoms with Crippen LogP contribution >= 0.6 is 0 Å². The fourth-order valence-electron chi connectivity index (χ4n) is 2.95. The van der Waals surface area contributed by atoms with Crippen molar-refractivity contribution in [3.05, 3.63) is 59.3 Å². The number of imidazole rings is 1. The number of nitrogens with zero attached hydrogens (tertiary/aromatic N) is 3. The van der Waals surface area contributed by atoms with Crippen LogP contribution in [0.2, 0.25) is 0 Å². The highest BCUT2D eigenvalue weighted by Crippen LogP contribution is 2.23. The van der Waals surface area contributed by atoms with E-state index in [1.54, 1.807) is 54.7 Å². The molecule has 0 fully saturated rings. The van der Waals surface area contributed by atoms with Gasteiger partial charge in [0.05, 0.1) is 23.2 Å². The molecule has 0 radical (unpaired) electrons. The van der Waals surface area contributed by atoms with Gasteiger partial charge in [0, 0.05) is 37.3 Å². The van der Waals surface area contributed by atoms with Crippen molar-refractivity contribution in [1.82, 2.24) is 19.6 Å². The summed E-state index contributed by atoms with van der Waals surface area (Å²) in [5.74, 6) is 0. The van der Waals surface area contributed by atoms with E-state index in [9.17, 15) is 18.3 Å². The molecule has 0 aliphatic carbocycles. The first-order chi connectivity index (χ1) is 13.0. The van der Waals surface area contributed by atoms with E-state index in [1.807, 2.05) is 0 Å². The molecule has 0 bridgehead atoms. The minimum absolute atomic E-state index is 0.0706. The van der Waals surface area contributed by atoms with Gasteiger partial charge in [0.2, 0.25) is 0 Å². The molecule has 1 aliphatic rings. The van der Waals surface area contributed by atoms with Gasteiger partial charge >= 0.3 is 6.18 Å². The average molecular weight is 393 g/mol. The number of hydrogen-bond donors (Lipinski definition) is 3. The number of rotatable bonds is 5. The number of likely N-dealkylation sites (N-methyl/N-ethyl adjacent to an activating group) is 1. The Kier molecular flexibility index (Phi) is 4.97. The molecule has 0 saturated heterocycles. The molecular weight excluding hydrogens is 371 g/mol. The Balaban J connectivity index is 2.03. The van der Waals surface area contributed by atoms with Crippen LogP contribution in [0.1, 0.15) is 25.1 Å². The van der Waals surface area contributed by atoms with Crippen LogP contribution in [0.3, 0.4) is 0 Å². The Hall–Kier alpha value is -2.81. The van der Waals surface area contributed by atoms with Crippen molar-refractivity contribution < 1.29 is 18.3 Å². The van der Waals surface area contributed by atoms with Crippen molar-refractivity contribution in [3.63, 3.8) is 0 Å². The van der Waals surface area contributed by atoms with Crippen molar-refractivity contribution in [2.24, 2.45) is 0 Å². The van der Waals surface area contributed by atoms with Gasteiger partial charge in [0.25, 0.3) is 0 Å². The number of nitrogens with one attached hydrogen (secondary N) is 2. The zero-order chi connectivity index (χ0) is 20.7. The van der Waals surface area contributed by atoms with Gasteiger partial charge in [0.15, 0.2) is 0 Å². The lowest BCUT2D eigenvalue weighted by molar-refractivity contribution is -0.123. The highest BCUT2D eigenvalue weighted by atomic mass is 19.4. The Morgan fingerprint density at radius 1 is 1.32 bits per heavy atom. The predicted octanol–water partition coefficient (Wildman–Crippen LogP) is 2.79. The molecule has 0 aromatic carbocycles. The summed E-state index contributed by atoms with van der Waals surface area (Å²) in [6.45, 7) is 2.41. The normalized spacial score (nSPS) is 15.5. The lowest BCUT2D eigenvalue weighted by Crippen LogP contribution is -2.33. The first kappa shape index (κ1) is 19.9. The Morgan fingerprint density at radius 3 is 2.68 bits per heavy atom. The molecule has 1 aliphatic heterocycles. The summed E-state index contributed by atoms with van der Waals surface area (Å²) in [6, 6.07) is 3.48. The summed E-state index contributed by atoms with van der Waals surface area (Å²) in [6.07, 6.45) is 2.04. The first-order valence-corrected chi connectivity index (χ1v) is 8.67. The van der Waals surface area contributed by atoms with Crippen molar-refractivity contribution in [3.8, 4) is 0 Å². The molecule has 0 unspecified atom stereocenters. The smallest absolute Gasteiger partial charge is 0.386 e. The SMILES string of the molecule is CN1C=CC(NCC(F)(F)F)=C(C(=N)c2cnc3ccc(C(C)(C)O)cn23)C1. The molecule has 2 aromatic heterocycles. The summed E-state index contributed by atoms with van der Waals surface area (Å²) in [4.78, 5) is 6.06. The third-order valence-corrected chi connectivity index (χ3v) is 4.48. The average Bonchev–Trinajstić information content (AvgIpc) is 3.01. The summed E-state index contributed by atoms with van der Waals surface area (Å²) in [7, 11) is 1.78. The van der Waals surface area contributed by atoms with Gasteiger partial charge in [-0.15, -0.1) is 0 Å². The summed E-state index contributed by atoms with van der Waals surface area (Å²) in [5, 5.41) is 21.3. The van der Waals surface area contributed by atoms with Crippen molar-refractivity contribution in [1.29, 1.82) is 5.41 Å². The number of hydrogen-bond acceptors (Lipinski definition) is 5. The van der Waals surface area contributed by atoms with Crippen LogP contribution in [0.15, 0.2) is 48.1 Å². The Labute approximate surface area is 160 Å².